The molecule has 1 atom stereocenters. The fraction of sp³-hybridized carbons (Fsp3) is 0.412. The third-order valence-electron chi connectivity index (χ3n) is 4.40. The summed E-state index contributed by atoms with van der Waals surface area (Å²) >= 11 is 1.78. The first-order valence-corrected chi connectivity index (χ1v) is 9.28. The second kappa shape index (κ2) is 7.92. The standard InChI is InChI=1S/C17H23IN5/c1-2-12(11-20-23-18)15-9-10-19-17(21-15)22-16-8-7-13-5-3-4-6-14(13)16/h4,6,9-11,16,18,20,23H,2-3,5,7-8H2,1H3,(H,19,21,22)/q+1/b12-11+. The van der Waals surface area contributed by atoms with Crippen molar-refractivity contribution in [3.8, 4) is 0 Å². The molecule has 0 aliphatic heterocycles. The molecule has 5 nitrogen and oxygen atoms in total. The molecule has 0 bridgehead atoms. The summed E-state index contributed by atoms with van der Waals surface area (Å²) in [6.07, 6.45) is 14.0. The van der Waals surface area contributed by atoms with Gasteiger partial charge in [-0.3, -0.25) is 5.43 Å². The minimum absolute atomic E-state index is 0.349. The van der Waals surface area contributed by atoms with E-state index in [2.05, 4.69) is 38.4 Å². The topological polar surface area (TPSA) is 61.9 Å². The fourth-order valence-corrected chi connectivity index (χ4v) is 3.39. The van der Waals surface area contributed by atoms with Gasteiger partial charge in [0, 0.05) is 12.4 Å². The summed E-state index contributed by atoms with van der Waals surface area (Å²) in [6.45, 7) is 2.13. The van der Waals surface area contributed by atoms with Crippen LogP contribution in [-0.4, -0.2) is 16.0 Å². The molecule has 0 saturated carbocycles. The Morgan fingerprint density at radius 3 is 3.17 bits per heavy atom. The number of nitrogens with one attached hydrogen (secondary N) is 3. The molecule has 3 N–H and O–H groups in total. The first kappa shape index (κ1) is 16.4. The van der Waals surface area contributed by atoms with Gasteiger partial charge in [0.1, 0.15) is 0 Å². The van der Waals surface area contributed by atoms with Gasteiger partial charge in [-0.2, -0.15) is 0 Å². The number of allylic oxidation sites excluding steroid dienone is 3. The molecule has 2 aliphatic carbocycles. The van der Waals surface area contributed by atoms with Gasteiger partial charge in [-0.25, -0.2) is 9.97 Å². The molecule has 1 aromatic heterocycles. The first-order chi connectivity index (χ1) is 11.3. The van der Waals surface area contributed by atoms with E-state index in [9.17, 15) is 0 Å². The van der Waals surface area contributed by atoms with Crippen LogP contribution >= 0.6 is 0 Å². The maximum Gasteiger partial charge on any atom is 0.389 e. The molecule has 0 amide bonds. The molecule has 122 valence electrons. The summed E-state index contributed by atoms with van der Waals surface area (Å²) < 4.78 is 2.92. The number of hydrogen-bond acceptors (Lipinski definition) is 5. The van der Waals surface area contributed by atoms with E-state index in [0.29, 0.717) is 12.0 Å². The van der Waals surface area contributed by atoms with E-state index >= 15 is 0 Å². The summed E-state index contributed by atoms with van der Waals surface area (Å²) in [7, 11) is 0. The van der Waals surface area contributed by atoms with Crippen LogP contribution in [0.1, 0.15) is 44.7 Å². The summed E-state index contributed by atoms with van der Waals surface area (Å²) in [5.41, 5.74) is 8.19. The normalized spacial score (nSPS) is 20.6. The fourth-order valence-electron chi connectivity index (χ4n) is 3.22. The first-order valence-electron chi connectivity index (χ1n) is 8.12. The molecular weight excluding hydrogens is 401 g/mol. The molecule has 3 rings (SSSR count). The zero-order valence-electron chi connectivity index (χ0n) is 13.3. The average Bonchev–Trinajstić information content (AvgIpc) is 2.99. The maximum atomic E-state index is 4.69. The number of halogens is 1. The van der Waals surface area contributed by atoms with Gasteiger partial charge < -0.3 is 5.32 Å². The van der Waals surface area contributed by atoms with Gasteiger partial charge >= 0.3 is 22.9 Å². The Kier molecular flexibility index (Phi) is 5.66. The third kappa shape index (κ3) is 3.92. The number of rotatable bonds is 6. The van der Waals surface area contributed by atoms with Gasteiger partial charge in [0.05, 0.1) is 11.7 Å². The molecule has 0 saturated heterocycles. The molecule has 6 heteroatoms. The molecule has 0 aromatic carbocycles. The van der Waals surface area contributed by atoms with Gasteiger partial charge in [-0.15, -0.1) is 0 Å². The van der Waals surface area contributed by atoms with Crippen LogP contribution in [0.4, 0.5) is 5.95 Å². The van der Waals surface area contributed by atoms with Crippen molar-refractivity contribution in [2.75, 3.05) is 5.32 Å². The molecular formula is C17H23IN5+. The van der Waals surface area contributed by atoms with Crippen molar-refractivity contribution in [1.29, 1.82) is 0 Å². The van der Waals surface area contributed by atoms with Crippen LogP contribution in [0.5, 0.6) is 0 Å². The monoisotopic (exact) mass is 424 g/mol. The maximum absolute atomic E-state index is 4.69. The van der Waals surface area contributed by atoms with Crippen LogP contribution in [0.15, 0.2) is 41.8 Å². The van der Waals surface area contributed by atoms with E-state index in [-0.39, 0.29) is 0 Å². The Balaban J connectivity index is 1.76. The van der Waals surface area contributed by atoms with Crippen molar-refractivity contribution >= 4 is 11.5 Å². The van der Waals surface area contributed by atoms with Crippen molar-refractivity contribution in [1.82, 2.24) is 19.0 Å². The number of nitrogens with zero attached hydrogens (tertiary/aromatic N) is 2. The van der Waals surface area contributed by atoms with Gasteiger partial charge in [-0.05, 0) is 53.0 Å². The second-order valence-electron chi connectivity index (χ2n) is 5.77. The zero-order valence-corrected chi connectivity index (χ0v) is 15.6. The van der Waals surface area contributed by atoms with Gasteiger partial charge in [0.15, 0.2) is 0 Å². The smallest absolute Gasteiger partial charge is 0.347 e. The highest BCUT2D eigenvalue weighted by Crippen LogP contribution is 2.34. The largest absolute Gasteiger partial charge is 0.389 e. The highest BCUT2D eigenvalue weighted by molar-refractivity contribution is 5.62. The number of aromatic nitrogens is 2. The summed E-state index contributed by atoms with van der Waals surface area (Å²) in [4.78, 5) is 9.10. The lowest BCUT2D eigenvalue weighted by molar-refractivity contribution is -0.453. The van der Waals surface area contributed by atoms with Crippen molar-refractivity contribution in [2.45, 2.75) is 45.1 Å². The molecule has 1 heterocycles. The van der Waals surface area contributed by atoms with E-state index in [0.717, 1.165) is 24.1 Å². The van der Waals surface area contributed by atoms with Crippen LogP contribution in [0.2, 0.25) is 0 Å². The van der Waals surface area contributed by atoms with Crippen molar-refractivity contribution in [3.05, 3.63) is 47.5 Å². The average molecular weight is 424 g/mol. The minimum Gasteiger partial charge on any atom is -0.347 e. The Hall–Kier alpha value is -1.41. The molecule has 0 fully saturated rings. The minimum atomic E-state index is 0.349. The van der Waals surface area contributed by atoms with Crippen LogP contribution in [0.3, 0.4) is 0 Å². The lowest BCUT2D eigenvalue weighted by Crippen LogP contribution is -3.43. The number of hydrogen-bond donors (Lipinski definition) is 3. The van der Waals surface area contributed by atoms with E-state index in [1.165, 1.54) is 24.8 Å². The predicted octanol–water partition coefficient (Wildman–Crippen LogP) is -0.257. The highest BCUT2D eigenvalue weighted by atomic mass is 127. The van der Waals surface area contributed by atoms with Crippen LogP contribution < -0.4 is 37.2 Å². The van der Waals surface area contributed by atoms with E-state index < -0.39 is 0 Å². The summed E-state index contributed by atoms with van der Waals surface area (Å²) in [6, 6.07) is 2.31. The second-order valence-corrected chi connectivity index (χ2v) is 6.35. The molecule has 0 radical (unpaired) electrons. The van der Waals surface area contributed by atoms with Gasteiger partial charge in [0.2, 0.25) is 5.95 Å². The summed E-state index contributed by atoms with van der Waals surface area (Å²) in [5, 5.41) is 3.52. The van der Waals surface area contributed by atoms with E-state index in [1.807, 2.05) is 18.5 Å². The van der Waals surface area contributed by atoms with E-state index in [4.69, 9.17) is 4.98 Å². The Bertz CT molecular complexity index is 650. The van der Waals surface area contributed by atoms with Crippen molar-refractivity contribution in [2.24, 2.45) is 0 Å². The number of anilines is 1. The van der Waals surface area contributed by atoms with Crippen LogP contribution in [0.25, 0.3) is 5.57 Å². The summed E-state index contributed by atoms with van der Waals surface area (Å²) in [5.74, 6) is 0.713. The lowest BCUT2D eigenvalue weighted by Gasteiger charge is -2.17. The van der Waals surface area contributed by atoms with Crippen molar-refractivity contribution in [3.63, 3.8) is 0 Å². The molecule has 2 aliphatic rings. The van der Waals surface area contributed by atoms with E-state index in [1.54, 1.807) is 28.4 Å². The lowest BCUT2D eigenvalue weighted by atomic mass is 9.99. The van der Waals surface area contributed by atoms with Gasteiger partial charge in [-0.1, -0.05) is 24.6 Å². The van der Waals surface area contributed by atoms with Crippen molar-refractivity contribution < 1.29 is 22.9 Å². The Morgan fingerprint density at radius 1 is 1.43 bits per heavy atom. The Labute approximate surface area is 151 Å². The predicted molar refractivity (Wildman–Crippen MR) is 90.0 cm³/mol. The Morgan fingerprint density at radius 2 is 2.35 bits per heavy atom. The van der Waals surface area contributed by atoms with Crippen LogP contribution in [-0.2, 0) is 0 Å². The molecule has 1 aromatic rings. The molecule has 1 unspecified atom stereocenters. The molecule has 0 spiro atoms. The highest BCUT2D eigenvalue weighted by Gasteiger charge is 2.25. The third-order valence-corrected chi connectivity index (χ3v) is 4.74. The van der Waals surface area contributed by atoms with Gasteiger partial charge in [0.25, 0.3) is 0 Å². The number of hydrazine groups is 1. The zero-order chi connectivity index (χ0) is 16.1. The van der Waals surface area contributed by atoms with Crippen LogP contribution in [0, 0.1) is 0 Å². The SMILES string of the molecule is CC/C(=C\NN[IH+])c1ccnc(NC2CCC3=C2C=CCC3)n1. The quantitative estimate of drug-likeness (QED) is 0.334. The molecule has 23 heavy (non-hydrogen) atoms.